The van der Waals surface area contributed by atoms with Gasteiger partial charge >= 0.3 is 11.9 Å². The molecule has 16 nitrogen and oxygen atoms in total. The van der Waals surface area contributed by atoms with Gasteiger partial charge in [0.15, 0.2) is 0 Å². The molecule has 3 amide bonds. The molecule has 0 aliphatic heterocycles. The van der Waals surface area contributed by atoms with Crippen LogP contribution in [0.4, 0.5) is 0 Å². The first-order valence-electron chi connectivity index (χ1n) is 13.2. The third-order valence-electron chi connectivity index (χ3n) is 6.67. The number of carboxylic acid groups (broad SMARTS) is 2. The maximum Gasteiger partial charge on any atom is 0.326 e. The number of carbonyl (C=O) groups is 5. The number of carbonyl (C=O) groups excluding carboxylic acids is 3. The topological polar surface area (TPSA) is 261 Å². The van der Waals surface area contributed by atoms with E-state index in [1.807, 2.05) is 24.3 Å². The highest BCUT2D eigenvalue weighted by Crippen LogP contribution is 2.19. The van der Waals surface area contributed by atoms with Crippen molar-refractivity contribution >= 4 is 40.6 Å². The van der Waals surface area contributed by atoms with Crippen molar-refractivity contribution in [1.29, 1.82) is 0 Å². The molecule has 4 rings (SSSR count). The molecule has 226 valence electrons. The van der Waals surface area contributed by atoms with E-state index < -0.39 is 60.2 Å². The molecule has 3 aromatic heterocycles. The number of H-pyrrole nitrogens is 3. The number of nitrogens with zero attached hydrogens (tertiary/aromatic N) is 2. The van der Waals surface area contributed by atoms with Gasteiger partial charge in [0.25, 0.3) is 0 Å². The molecule has 3 heterocycles. The van der Waals surface area contributed by atoms with E-state index in [0.29, 0.717) is 11.4 Å². The van der Waals surface area contributed by atoms with Crippen molar-refractivity contribution in [2.24, 2.45) is 5.73 Å². The number of rotatable bonds is 15. The molecule has 4 aromatic rings. The summed E-state index contributed by atoms with van der Waals surface area (Å²) in [5.41, 5.74) is 8.75. The van der Waals surface area contributed by atoms with E-state index in [1.165, 1.54) is 25.0 Å². The Balaban J connectivity index is 1.47. The Hall–Kier alpha value is -5.51. The molecule has 0 aliphatic rings. The fourth-order valence-corrected chi connectivity index (χ4v) is 4.48. The van der Waals surface area contributed by atoms with Crippen molar-refractivity contribution in [3.63, 3.8) is 0 Å². The highest BCUT2D eigenvalue weighted by Gasteiger charge is 2.32. The third kappa shape index (κ3) is 8.26. The lowest BCUT2D eigenvalue weighted by Crippen LogP contribution is -2.58. The SMILES string of the molecule is NC(Cc1c[nH]c2ccccc12)C(=O)NC(Cc1cnc[nH]1)C(=O)NC(CC(=O)O)C(=O)NC(Cc1cnc[nH]1)C(=O)O. The van der Waals surface area contributed by atoms with E-state index in [0.717, 1.165) is 16.5 Å². The Bertz CT molecular complexity index is 1570. The number of nitrogens with two attached hydrogens (primary N) is 1. The van der Waals surface area contributed by atoms with Crippen LogP contribution in [-0.4, -0.2) is 89.0 Å². The van der Waals surface area contributed by atoms with Crippen LogP contribution in [0.1, 0.15) is 23.4 Å². The number of amides is 3. The molecular weight excluding hydrogens is 562 g/mol. The number of hydrogen-bond acceptors (Lipinski definition) is 8. The first-order valence-corrected chi connectivity index (χ1v) is 13.2. The van der Waals surface area contributed by atoms with Crippen molar-refractivity contribution in [2.45, 2.75) is 49.9 Å². The van der Waals surface area contributed by atoms with E-state index in [9.17, 15) is 34.2 Å². The minimum atomic E-state index is -1.66. The van der Waals surface area contributed by atoms with E-state index >= 15 is 0 Å². The van der Waals surface area contributed by atoms with Gasteiger partial charge in [-0.1, -0.05) is 18.2 Å². The van der Waals surface area contributed by atoms with Gasteiger partial charge in [-0.25, -0.2) is 14.8 Å². The molecule has 0 radical (unpaired) electrons. The number of nitrogens with one attached hydrogen (secondary N) is 6. The molecule has 16 heteroatoms. The van der Waals surface area contributed by atoms with Crippen LogP contribution in [0.3, 0.4) is 0 Å². The lowest BCUT2D eigenvalue weighted by molar-refractivity contribution is -0.143. The van der Waals surface area contributed by atoms with Gasteiger partial charge in [0.05, 0.1) is 25.1 Å². The number of para-hydroxylation sites is 1. The van der Waals surface area contributed by atoms with Crippen molar-refractivity contribution in [3.8, 4) is 0 Å². The Kier molecular flexibility index (Phi) is 9.85. The maximum atomic E-state index is 13.4. The molecule has 0 bridgehead atoms. The number of hydrogen-bond donors (Lipinski definition) is 9. The highest BCUT2D eigenvalue weighted by atomic mass is 16.4. The lowest BCUT2D eigenvalue weighted by atomic mass is 10.0. The molecule has 43 heavy (non-hydrogen) atoms. The van der Waals surface area contributed by atoms with Crippen molar-refractivity contribution in [1.82, 2.24) is 40.9 Å². The molecule has 0 aliphatic carbocycles. The highest BCUT2D eigenvalue weighted by molar-refractivity contribution is 5.96. The van der Waals surface area contributed by atoms with Crippen molar-refractivity contribution in [2.75, 3.05) is 0 Å². The molecule has 0 spiro atoms. The molecule has 0 saturated heterocycles. The smallest absolute Gasteiger partial charge is 0.326 e. The number of imidazole rings is 2. The van der Waals surface area contributed by atoms with E-state index in [4.69, 9.17) is 5.73 Å². The fourth-order valence-electron chi connectivity index (χ4n) is 4.48. The molecular formula is C27H31N9O7. The normalized spacial score (nSPS) is 13.9. The summed E-state index contributed by atoms with van der Waals surface area (Å²) in [6.45, 7) is 0. The van der Waals surface area contributed by atoms with E-state index in [-0.39, 0.29) is 19.3 Å². The minimum absolute atomic E-state index is 0.0869. The van der Waals surface area contributed by atoms with Crippen molar-refractivity contribution in [3.05, 3.63) is 72.5 Å². The summed E-state index contributed by atoms with van der Waals surface area (Å²) in [7, 11) is 0. The summed E-state index contributed by atoms with van der Waals surface area (Å²) >= 11 is 0. The van der Waals surface area contributed by atoms with Crippen LogP contribution < -0.4 is 21.7 Å². The van der Waals surface area contributed by atoms with E-state index in [2.05, 4.69) is 40.9 Å². The van der Waals surface area contributed by atoms with Gasteiger partial charge in [-0.3, -0.25) is 19.2 Å². The number of benzene rings is 1. The minimum Gasteiger partial charge on any atom is -0.481 e. The van der Waals surface area contributed by atoms with Gasteiger partial charge in [-0.2, -0.15) is 0 Å². The van der Waals surface area contributed by atoms with Crippen LogP contribution in [0.5, 0.6) is 0 Å². The van der Waals surface area contributed by atoms with Crippen LogP contribution >= 0.6 is 0 Å². The zero-order chi connectivity index (χ0) is 30.9. The summed E-state index contributed by atoms with van der Waals surface area (Å²) in [5, 5.41) is 27.0. The predicted octanol–water partition coefficient (Wildman–Crippen LogP) is -1.02. The number of aromatic nitrogens is 5. The fraction of sp³-hybridized carbons (Fsp3) is 0.296. The maximum absolute atomic E-state index is 13.4. The Morgan fingerprint density at radius 1 is 0.767 bits per heavy atom. The number of fused-ring (bicyclic) bond motifs is 1. The van der Waals surface area contributed by atoms with Gasteiger partial charge < -0.3 is 46.8 Å². The molecule has 1 aromatic carbocycles. The zero-order valence-electron chi connectivity index (χ0n) is 22.7. The van der Waals surface area contributed by atoms with Crippen LogP contribution in [-0.2, 0) is 43.2 Å². The summed E-state index contributed by atoms with van der Waals surface area (Å²) in [5.74, 6) is -5.38. The quantitative estimate of drug-likeness (QED) is 0.0810. The molecule has 4 atom stereocenters. The van der Waals surface area contributed by atoms with Crippen molar-refractivity contribution < 1.29 is 34.2 Å². The first kappa shape index (κ1) is 30.4. The second kappa shape index (κ2) is 13.9. The summed E-state index contributed by atoms with van der Waals surface area (Å²) < 4.78 is 0. The average molecular weight is 594 g/mol. The van der Waals surface area contributed by atoms with Gasteiger partial charge in [0.1, 0.15) is 18.1 Å². The summed E-state index contributed by atoms with van der Waals surface area (Å²) in [4.78, 5) is 79.2. The van der Waals surface area contributed by atoms with Crippen LogP contribution in [0, 0.1) is 0 Å². The molecule has 4 unspecified atom stereocenters. The van der Waals surface area contributed by atoms with Gasteiger partial charge in [-0.05, 0) is 18.1 Å². The van der Waals surface area contributed by atoms with Crippen LogP contribution in [0.15, 0.2) is 55.5 Å². The zero-order valence-corrected chi connectivity index (χ0v) is 22.7. The Labute approximate surface area is 243 Å². The second-order valence-corrected chi connectivity index (χ2v) is 9.85. The Morgan fingerprint density at radius 3 is 1.95 bits per heavy atom. The second-order valence-electron chi connectivity index (χ2n) is 9.85. The number of carboxylic acids is 2. The number of aliphatic carboxylic acids is 2. The van der Waals surface area contributed by atoms with Gasteiger partial charge in [0, 0.05) is 53.7 Å². The monoisotopic (exact) mass is 593 g/mol. The van der Waals surface area contributed by atoms with E-state index in [1.54, 1.807) is 6.20 Å². The van der Waals surface area contributed by atoms with Gasteiger partial charge in [0.2, 0.25) is 17.7 Å². The Morgan fingerprint density at radius 2 is 1.35 bits per heavy atom. The first-order chi connectivity index (χ1) is 20.6. The largest absolute Gasteiger partial charge is 0.481 e. The average Bonchev–Trinajstić information content (AvgIpc) is 3.75. The molecule has 10 N–H and O–H groups in total. The lowest BCUT2D eigenvalue weighted by Gasteiger charge is -2.24. The van der Waals surface area contributed by atoms with Crippen LogP contribution in [0.25, 0.3) is 10.9 Å². The standard InChI is InChI=1S/C27H31N9O7/c28-18(5-14-9-31-19-4-2-1-3-17(14)19)24(39)34-20(6-15-10-29-12-32-15)25(40)35-21(8-23(37)38)26(41)36-22(27(42)43)7-16-11-30-13-33-16/h1-4,9-13,18,20-22,31H,5-8,28H2,(H,29,32)(H,30,33)(H,34,39)(H,35,40)(H,36,41)(H,37,38)(H,42,43). The molecule has 0 fully saturated rings. The third-order valence-corrected chi connectivity index (χ3v) is 6.67. The summed E-state index contributed by atoms with van der Waals surface area (Å²) in [6, 6.07) is 2.06. The van der Waals surface area contributed by atoms with Crippen LogP contribution in [0.2, 0.25) is 0 Å². The molecule has 0 saturated carbocycles. The van der Waals surface area contributed by atoms with Gasteiger partial charge in [-0.15, -0.1) is 0 Å². The predicted molar refractivity (Wildman–Crippen MR) is 150 cm³/mol. The summed E-state index contributed by atoms with van der Waals surface area (Å²) in [6.07, 6.45) is 6.34. The number of aromatic amines is 3.